The van der Waals surface area contributed by atoms with Gasteiger partial charge in [0.1, 0.15) is 0 Å². The third kappa shape index (κ3) is 4.59. The lowest BCUT2D eigenvalue weighted by molar-refractivity contribution is -0.122. The lowest BCUT2D eigenvalue weighted by Gasteiger charge is -2.13. The molecule has 0 aliphatic carbocycles. The van der Waals surface area contributed by atoms with Gasteiger partial charge in [-0.2, -0.15) is 0 Å². The number of allylic oxidation sites excluding steroid dienone is 2. The molecule has 0 aliphatic heterocycles. The van der Waals surface area contributed by atoms with Crippen LogP contribution in [0, 0.1) is 5.92 Å². The Morgan fingerprint density at radius 2 is 2.00 bits per heavy atom. The quantitative estimate of drug-likeness (QED) is 0.518. The number of primary amides is 1. The van der Waals surface area contributed by atoms with Crippen LogP contribution < -0.4 is 11.1 Å². The molecular weight excluding hydrogens is 204 g/mol. The van der Waals surface area contributed by atoms with E-state index in [-0.39, 0.29) is 18.4 Å². The summed E-state index contributed by atoms with van der Waals surface area (Å²) >= 11 is 0. The molecule has 88 valence electrons. The molecule has 0 aromatic heterocycles. The van der Waals surface area contributed by atoms with Crippen LogP contribution in [0.15, 0.2) is 36.5 Å². The summed E-state index contributed by atoms with van der Waals surface area (Å²) in [6, 6.07) is 0. The van der Waals surface area contributed by atoms with Crippen LogP contribution in [0.3, 0.4) is 0 Å². The van der Waals surface area contributed by atoms with Crippen molar-refractivity contribution >= 4 is 11.8 Å². The zero-order valence-corrected chi connectivity index (χ0v) is 9.75. The van der Waals surface area contributed by atoms with Gasteiger partial charge < -0.3 is 11.1 Å². The highest BCUT2D eigenvalue weighted by atomic mass is 16.2. The first kappa shape index (κ1) is 14.2. The molecule has 0 spiro atoms. The molecule has 0 atom stereocenters. The summed E-state index contributed by atoms with van der Waals surface area (Å²) < 4.78 is 0. The number of carbonyl (C=O) groups is 2. The van der Waals surface area contributed by atoms with Crippen LogP contribution in [0.1, 0.15) is 13.8 Å². The van der Waals surface area contributed by atoms with E-state index in [9.17, 15) is 9.59 Å². The smallest absolute Gasteiger partial charge is 0.251 e. The normalized spacial score (nSPS) is 11.1. The van der Waals surface area contributed by atoms with E-state index in [1.165, 1.54) is 6.08 Å². The second-order valence-electron chi connectivity index (χ2n) is 3.64. The van der Waals surface area contributed by atoms with Crippen LogP contribution >= 0.6 is 0 Å². The van der Waals surface area contributed by atoms with Crippen molar-refractivity contribution in [3.8, 4) is 0 Å². The van der Waals surface area contributed by atoms with Gasteiger partial charge in [0.2, 0.25) is 5.91 Å². The summed E-state index contributed by atoms with van der Waals surface area (Å²) in [4.78, 5) is 22.2. The van der Waals surface area contributed by atoms with Crippen molar-refractivity contribution in [1.29, 1.82) is 0 Å². The van der Waals surface area contributed by atoms with Crippen molar-refractivity contribution in [1.82, 2.24) is 5.32 Å². The predicted molar refractivity (Wildman–Crippen MR) is 64.5 cm³/mol. The molecule has 0 saturated carbocycles. The highest BCUT2D eigenvalue weighted by Crippen LogP contribution is 2.17. The molecule has 0 aromatic rings. The molecule has 0 heterocycles. The van der Waals surface area contributed by atoms with Crippen molar-refractivity contribution in [3.05, 3.63) is 36.5 Å². The number of nitrogens with one attached hydrogen (secondary N) is 1. The molecule has 0 bridgehead atoms. The fourth-order valence-electron chi connectivity index (χ4n) is 1.02. The number of nitrogens with two attached hydrogens (primary N) is 1. The molecule has 0 radical (unpaired) electrons. The van der Waals surface area contributed by atoms with E-state index in [1.54, 1.807) is 6.08 Å². The van der Waals surface area contributed by atoms with Crippen molar-refractivity contribution in [2.45, 2.75) is 13.8 Å². The molecule has 0 aliphatic rings. The van der Waals surface area contributed by atoms with Gasteiger partial charge in [-0.25, -0.2) is 0 Å². The van der Waals surface area contributed by atoms with E-state index in [4.69, 9.17) is 5.73 Å². The third-order valence-corrected chi connectivity index (χ3v) is 2.00. The number of hydrogen-bond acceptors (Lipinski definition) is 2. The summed E-state index contributed by atoms with van der Waals surface area (Å²) in [5.74, 6) is -0.801. The van der Waals surface area contributed by atoms with Gasteiger partial charge >= 0.3 is 0 Å². The molecular formula is C12H18N2O2. The first-order chi connectivity index (χ1) is 7.40. The number of rotatable bonds is 6. The number of hydrogen-bond donors (Lipinski definition) is 2. The van der Waals surface area contributed by atoms with Gasteiger partial charge in [-0.05, 0) is 17.6 Å². The molecule has 3 N–H and O–H groups in total. The van der Waals surface area contributed by atoms with E-state index in [0.29, 0.717) is 11.1 Å². The largest absolute Gasteiger partial charge is 0.368 e. The van der Waals surface area contributed by atoms with Crippen molar-refractivity contribution in [3.63, 3.8) is 0 Å². The maximum absolute atomic E-state index is 11.7. The lowest BCUT2D eigenvalue weighted by Crippen LogP contribution is -2.34. The summed E-state index contributed by atoms with van der Waals surface area (Å²) in [5.41, 5.74) is 6.05. The van der Waals surface area contributed by atoms with Crippen LogP contribution in [-0.2, 0) is 9.59 Å². The zero-order chi connectivity index (χ0) is 12.7. The van der Waals surface area contributed by atoms with Crippen molar-refractivity contribution < 1.29 is 9.59 Å². The standard InChI is InChI=1S/C12H18N2O2/c1-5-6-10(9(4)8(2)3)12(16)14-7-11(13)15/h5-6,8H,1,4,7H2,2-3H3,(H2,13,15)(H,14,16)/b10-6+. The number of carbonyl (C=O) groups excluding carboxylic acids is 2. The maximum atomic E-state index is 11.7. The first-order valence-corrected chi connectivity index (χ1v) is 4.98. The zero-order valence-electron chi connectivity index (χ0n) is 9.75. The highest BCUT2D eigenvalue weighted by molar-refractivity contribution is 5.99. The minimum Gasteiger partial charge on any atom is -0.368 e. The molecule has 0 rings (SSSR count). The molecule has 0 unspecified atom stereocenters. The van der Waals surface area contributed by atoms with E-state index < -0.39 is 5.91 Å². The minimum absolute atomic E-state index is 0.144. The topological polar surface area (TPSA) is 72.2 Å². The Balaban J connectivity index is 4.74. The van der Waals surface area contributed by atoms with E-state index in [2.05, 4.69) is 18.5 Å². The van der Waals surface area contributed by atoms with Gasteiger partial charge in [-0.3, -0.25) is 9.59 Å². The summed E-state index contributed by atoms with van der Waals surface area (Å²) in [7, 11) is 0. The summed E-state index contributed by atoms with van der Waals surface area (Å²) in [6.07, 6.45) is 3.07. The maximum Gasteiger partial charge on any atom is 0.251 e. The van der Waals surface area contributed by atoms with Gasteiger partial charge in [0, 0.05) is 5.57 Å². The Labute approximate surface area is 95.9 Å². The average molecular weight is 222 g/mol. The fraction of sp³-hybridized carbons (Fsp3) is 0.333. The Kier molecular flexibility index (Phi) is 5.85. The first-order valence-electron chi connectivity index (χ1n) is 4.98. The molecule has 4 nitrogen and oxygen atoms in total. The van der Waals surface area contributed by atoms with Gasteiger partial charge in [-0.15, -0.1) is 0 Å². The second-order valence-corrected chi connectivity index (χ2v) is 3.64. The SMILES string of the molecule is C=C/C=C(\C(=C)C(C)C)C(=O)NCC(N)=O. The number of amides is 2. The minimum atomic E-state index is -0.582. The lowest BCUT2D eigenvalue weighted by atomic mass is 9.96. The monoisotopic (exact) mass is 222 g/mol. The van der Waals surface area contributed by atoms with Crippen LogP contribution in [-0.4, -0.2) is 18.4 Å². The molecule has 0 saturated heterocycles. The highest BCUT2D eigenvalue weighted by Gasteiger charge is 2.14. The van der Waals surface area contributed by atoms with Crippen LogP contribution in [0.2, 0.25) is 0 Å². The summed E-state index contributed by atoms with van der Waals surface area (Å²) in [6.45, 7) is 11.0. The Bertz CT molecular complexity index is 341. The van der Waals surface area contributed by atoms with E-state index in [0.717, 1.165) is 0 Å². The molecule has 0 fully saturated rings. The predicted octanol–water partition coefficient (Wildman–Crippen LogP) is 0.912. The molecule has 4 heteroatoms. The van der Waals surface area contributed by atoms with E-state index in [1.807, 2.05) is 13.8 Å². The van der Waals surface area contributed by atoms with Crippen LogP contribution in [0.25, 0.3) is 0 Å². The van der Waals surface area contributed by atoms with Gasteiger partial charge in [-0.1, -0.05) is 33.1 Å². The van der Waals surface area contributed by atoms with Crippen LogP contribution in [0.4, 0.5) is 0 Å². The third-order valence-electron chi connectivity index (χ3n) is 2.00. The molecule has 2 amide bonds. The van der Waals surface area contributed by atoms with E-state index >= 15 is 0 Å². The Hall–Kier alpha value is -1.84. The average Bonchev–Trinajstić information content (AvgIpc) is 2.21. The van der Waals surface area contributed by atoms with Crippen molar-refractivity contribution in [2.75, 3.05) is 6.54 Å². The van der Waals surface area contributed by atoms with Crippen molar-refractivity contribution in [2.24, 2.45) is 11.7 Å². The van der Waals surface area contributed by atoms with Gasteiger partial charge in [0.25, 0.3) is 5.91 Å². The van der Waals surface area contributed by atoms with Crippen LogP contribution in [0.5, 0.6) is 0 Å². The second kappa shape index (κ2) is 6.61. The molecule has 16 heavy (non-hydrogen) atoms. The van der Waals surface area contributed by atoms with Gasteiger partial charge in [0.05, 0.1) is 6.54 Å². The molecule has 0 aromatic carbocycles. The fourth-order valence-corrected chi connectivity index (χ4v) is 1.02. The summed E-state index contributed by atoms with van der Waals surface area (Å²) in [5, 5.41) is 2.41. The Morgan fingerprint density at radius 1 is 1.44 bits per heavy atom. The van der Waals surface area contributed by atoms with Gasteiger partial charge in [0.15, 0.2) is 0 Å². The Morgan fingerprint density at radius 3 is 2.38 bits per heavy atom.